The second-order valence-corrected chi connectivity index (χ2v) is 13.7. The molecule has 282 valence electrons. The van der Waals surface area contributed by atoms with E-state index in [1.807, 2.05) is 11.0 Å². The predicted octanol–water partition coefficient (Wildman–Crippen LogP) is 6.22. The summed E-state index contributed by atoms with van der Waals surface area (Å²) in [6, 6.07) is 27.8. The van der Waals surface area contributed by atoms with E-state index in [2.05, 4.69) is 35.1 Å². The van der Waals surface area contributed by atoms with Crippen molar-refractivity contribution >= 4 is 39.3 Å². The lowest BCUT2D eigenvalue weighted by Gasteiger charge is -2.21. The summed E-state index contributed by atoms with van der Waals surface area (Å²) in [5.74, 6) is 1.26. The molecule has 4 aromatic carbocycles. The summed E-state index contributed by atoms with van der Waals surface area (Å²) in [4.78, 5) is 39.0. The van der Waals surface area contributed by atoms with Gasteiger partial charge in [-0.15, -0.1) is 0 Å². The number of rotatable bonds is 6. The van der Waals surface area contributed by atoms with E-state index in [1.165, 1.54) is 24.3 Å². The number of aromatic nitrogens is 5. The maximum atomic E-state index is 14.0. The van der Waals surface area contributed by atoms with Crippen molar-refractivity contribution in [3.63, 3.8) is 0 Å². The second-order valence-electron chi connectivity index (χ2n) is 13.7. The highest BCUT2D eigenvalue weighted by molar-refractivity contribution is 5.94. The Morgan fingerprint density at radius 3 is 1.73 bits per heavy atom. The average molecular weight is 754 g/mol. The number of phenols is 2. The minimum absolute atomic E-state index is 0.0711. The van der Waals surface area contributed by atoms with Crippen molar-refractivity contribution in [3.8, 4) is 34.3 Å². The summed E-state index contributed by atoms with van der Waals surface area (Å²) in [6.07, 6.45) is 3.16. The van der Waals surface area contributed by atoms with Gasteiger partial charge in [0.1, 0.15) is 40.5 Å². The molecule has 0 bridgehead atoms. The molecule has 14 heteroatoms. The SMILES string of the molecule is N[C@@H]1CCN(c2nc(-c3ccccc3O)nc3ccc(F)cc23)C1.O=C(N[C@@H]1CCN(c2nc(-c3ccccc3O)nc3ccc(F)cc23)C1)c1ccccn1. The third kappa shape index (κ3) is 7.59. The van der Waals surface area contributed by atoms with Crippen LogP contribution in [0.2, 0.25) is 0 Å². The van der Waals surface area contributed by atoms with Crippen molar-refractivity contribution in [1.29, 1.82) is 0 Å². The number of phenolic OH excluding ortho intramolecular Hbond substituents is 2. The summed E-state index contributed by atoms with van der Waals surface area (Å²) in [5, 5.41) is 24.6. The van der Waals surface area contributed by atoms with Gasteiger partial charge in [0.15, 0.2) is 11.6 Å². The molecule has 2 fully saturated rings. The first kappa shape index (κ1) is 36.2. The Morgan fingerprint density at radius 2 is 1.21 bits per heavy atom. The van der Waals surface area contributed by atoms with Gasteiger partial charge in [-0.3, -0.25) is 9.78 Å². The van der Waals surface area contributed by atoms with Crippen molar-refractivity contribution in [2.24, 2.45) is 5.73 Å². The molecule has 0 unspecified atom stereocenters. The number of aromatic hydroxyl groups is 2. The van der Waals surface area contributed by atoms with Crippen LogP contribution in [0.15, 0.2) is 109 Å². The highest BCUT2D eigenvalue weighted by Crippen LogP contribution is 2.35. The van der Waals surface area contributed by atoms with Crippen molar-refractivity contribution in [2.45, 2.75) is 24.9 Å². The minimum atomic E-state index is -0.378. The minimum Gasteiger partial charge on any atom is -0.507 e. The number of carbonyl (C=O) groups is 1. The molecule has 0 saturated carbocycles. The number of carbonyl (C=O) groups excluding carboxylic acids is 1. The van der Waals surface area contributed by atoms with Gasteiger partial charge in [0, 0.05) is 55.2 Å². The van der Waals surface area contributed by atoms with Crippen LogP contribution in [0, 0.1) is 11.6 Å². The van der Waals surface area contributed by atoms with E-state index in [0.29, 0.717) is 88.0 Å². The molecule has 2 atom stereocenters. The summed E-state index contributed by atoms with van der Waals surface area (Å²) < 4.78 is 27.8. The number of nitrogens with two attached hydrogens (primary N) is 1. The van der Waals surface area contributed by atoms with E-state index < -0.39 is 0 Å². The summed E-state index contributed by atoms with van der Waals surface area (Å²) in [7, 11) is 0. The third-order valence-electron chi connectivity index (χ3n) is 9.81. The van der Waals surface area contributed by atoms with Crippen molar-refractivity contribution in [1.82, 2.24) is 30.2 Å². The molecule has 5 N–H and O–H groups in total. The quantitative estimate of drug-likeness (QED) is 0.152. The molecular weight excluding hydrogens is 717 g/mol. The first-order valence-electron chi connectivity index (χ1n) is 18.2. The number of hydrogen-bond donors (Lipinski definition) is 4. The fourth-order valence-electron chi connectivity index (χ4n) is 7.02. The molecule has 7 aromatic rings. The lowest BCUT2D eigenvalue weighted by Crippen LogP contribution is -2.37. The van der Waals surface area contributed by atoms with Crippen LogP contribution in [0.25, 0.3) is 44.6 Å². The largest absolute Gasteiger partial charge is 0.507 e. The standard InChI is InChI=1S/C24H20FN5O2.C18H17FN4O/c25-15-8-9-19-18(13-15)23(29-22(28-19)17-5-1-2-7-21(17)31)30-12-10-16(14-30)27-24(32)20-6-3-4-11-26-20;19-11-5-6-15-14(9-11)18(23-8-7-12(20)10-23)22-17(21-15)13-3-1-2-4-16(13)24/h1-9,11,13,16,31H,10,12,14H2,(H,27,32);1-6,9,12,24H,7-8,10,20H2/t16-;12-/m11/s1. The number of nitrogens with zero attached hydrogens (tertiary/aromatic N) is 7. The topological polar surface area (TPSA) is 167 Å². The summed E-state index contributed by atoms with van der Waals surface area (Å²) in [6.45, 7) is 2.59. The van der Waals surface area contributed by atoms with E-state index in [0.717, 1.165) is 13.0 Å². The van der Waals surface area contributed by atoms with Crippen LogP contribution in [-0.2, 0) is 0 Å². The molecule has 12 nitrogen and oxygen atoms in total. The lowest BCUT2D eigenvalue weighted by atomic mass is 10.1. The van der Waals surface area contributed by atoms with Crippen LogP contribution in [-0.4, -0.2) is 79.3 Å². The number of fused-ring (bicyclic) bond motifs is 2. The molecule has 56 heavy (non-hydrogen) atoms. The highest BCUT2D eigenvalue weighted by Gasteiger charge is 2.28. The number of hydrogen-bond acceptors (Lipinski definition) is 11. The van der Waals surface area contributed by atoms with Crippen LogP contribution < -0.4 is 20.9 Å². The van der Waals surface area contributed by atoms with Crippen LogP contribution >= 0.6 is 0 Å². The van der Waals surface area contributed by atoms with Gasteiger partial charge in [0.25, 0.3) is 5.91 Å². The Kier molecular flexibility index (Phi) is 10.0. The molecule has 0 aliphatic carbocycles. The van der Waals surface area contributed by atoms with Crippen LogP contribution in [0.3, 0.4) is 0 Å². The number of anilines is 2. The number of pyridine rings is 1. The van der Waals surface area contributed by atoms with Crippen LogP contribution in [0.4, 0.5) is 20.4 Å². The molecule has 2 aliphatic rings. The van der Waals surface area contributed by atoms with Crippen molar-refractivity contribution < 1.29 is 23.8 Å². The fourth-order valence-corrected chi connectivity index (χ4v) is 7.02. The van der Waals surface area contributed by atoms with Gasteiger partial charge in [-0.05, 0) is 85.6 Å². The molecule has 1 amide bonds. The summed E-state index contributed by atoms with van der Waals surface area (Å²) in [5.41, 5.74) is 8.64. The fraction of sp³-hybridized carbons (Fsp3) is 0.190. The molecule has 5 heterocycles. The van der Waals surface area contributed by atoms with Gasteiger partial charge in [-0.25, -0.2) is 28.7 Å². The van der Waals surface area contributed by atoms with Gasteiger partial charge in [-0.2, -0.15) is 0 Å². The maximum absolute atomic E-state index is 14.0. The zero-order valence-electron chi connectivity index (χ0n) is 30.1. The van der Waals surface area contributed by atoms with Gasteiger partial charge in [-0.1, -0.05) is 30.3 Å². The molecule has 0 spiro atoms. The van der Waals surface area contributed by atoms with Crippen LogP contribution in [0.1, 0.15) is 23.3 Å². The summed E-state index contributed by atoms with van der Waals surface area (Å²) >= 11 is 0. The zero-order valence-corrected chi connectivity index (χ0v) is 30.1. The van der Waals surface area contributed by atoms with Gasteiger partial charge in [0.05, 0.1) is 22.2 Å². The smallest absolute Gasteiger partial charge is 0.270 e. The number of amides is 1. The van der Waals surface area contributed by atoms with Crippen molar-refractivity contribution in [3.05, 3.63) is 127 Å². The van der Waals surface area contributed by atoms with Crippen LogP contribution in [0.5, 0.6) is 11.5 Å². The molecule has 9 rings (SSSR count). The monoisotopic (exact) mass is 753 g/mol. The van der Waals surface area contributed by atoms with E-state index in [4.69, 9.17) is 5.73 Å². The number of nitrogens with one attached hydrogen (secondary N) is 1. The normalized spacial score (nSPS) is 16.6. The van der Waals surface area contributed by atoms with E-state index in [9.17, 15) is 23.8 Å². The van der Waals surface area contributed by atoms with Gasteiger partial charge in [0.2, 0.25) is 0 Å². The zero-order chi connectivity index (χ0) is 38.8. The van der Waals surface area contributed by atoms with E-state index in [1.54, 1.807) is 79.0 Å². The Hall–Kier alpha value is -6.80. The highest BCUT2D eigenvalue weighted by atomic mass is 19.1. The average Bonchev–Trinajstić information content (AvgIpc) is 3.87. The third-order valence-corrected chi connectivity index (χ3v) is 9.81. The Labute approximate surface area is 320 Å². The molecule has 2 aliphatic heterocycles. The second kappa shape index (κ2) is 15.5. The van der Waals surface area contributed by atoms with Gasteiger partial charge < -0.3 is 31.1 Å². The van der Waals surface area contributed by atoms with E-state index in [-0.39, 0.29) is 41.1 Å². The maximum Gasteiger partial charge on any atom is 0.270 e. The Balaban J connectivity index is 0.000000164. The number of para-hydroxylation sites is 2. The molecule has 0 radical (unpaired) electrons. The number of halogens is 2. The Bertz CT molecular complexity index is 2560. The molecule has 3 aromatic heterocycles. The number of benzene rings is 4. The molecule has 2 saturated heterocycles. The Morgan fingerprint density at radius 1 is 0.679 bits per heavy atom. The molecular formula is C42H37F2N9O3. The predicted molar refractivity (Wildman–Crippen MR) is 210 cm³/mol. The first-order valence-corrected chi connectivity index (χ1v) is 18.2. The van der Waals surface area contributed by atoms with E-state index >= 15 is 0 Å². The lowest BCUT2D eigenvalue weighted by molar-refractivity contribution is 0.0935. The van der Waals surface area contributed by atoms with Crippen molar-refractivity contribution in [2.75, 3.05) is 36.0 Å². The van der Waals surface area contributed by atoms with Gasteiger partial charge >= 0.3 is 0 Å². The first-order chi connectivity index (χ1) is 27.2.